The van der Waals surface area contributed by atoms with Crippen LogP contribution in [0.3, 0.4) is 0 Å². The molecule has 1 saturated heterocycles. The molecule has 2 aromatic rings. The molecule has 0 radical (unpaired) electrons. The summed E-state index contributed by atoms with van der Waals surface area (Å²) in [5, 5.41) is 0. The second kappa shape index (κ2) is 7.88. The van der Waals surface area contributed by atoms with E-state index in [1.165, 1.54) is 26.2 Å². The van der Waals surface area contributed by atoms with Crippen molar-refractivity contribution in [2.75, 3.05) is 40.1 Å². The molecule has 2 atom stereocenters. The van der Waals surface area contributed by atoms with Gasteiger partial charge in [-0.15, -0.1) is 0 Å². The molecule has 3 aliphatic heterocycles. The molecule has 0 saturated carbocycles. The van der Waals surface area contributed by atoms with Gasteiger partial charge in [0, 0.05) is 31.5 Å². The summed E-state index contributed by atoms with van der Waals surface area (Å²) in [5.41, 5.74) is 1.35. The van der Waals surface area contributed by atoms with Gasteiger partial charge >= 0.3 is 6.03 Å². The minimum absolute atomic E-state index is 0.159. The molecular weight excluding hydrogens is 430 g/mol. The largest absolute Gasteiger partial charge is 0.493 e. The maximum atomic E-state index is 13.5. The fourth-order valence-electron chi connectivity index (χ4n) is 4.60. The number of carbonyl (C=O) groups is 2. The molecule has 1 fully saturated rings. The highest BCUT2D eigenvalue weighted by atomic mass is 16.7. The van der Waals surface area contributed by atoms with E-state index in [4.69, 9.17) is 23.7 Å². The predicted octanol–water partition coefficient (Wildman–Crippen LogP) is 2.79. The number of anilines is 1. The third-order valence-electron chi connectivity index (χ3n) is 6.18. The summed E-state index contributed by atoms with van der Waals surface area (Å²) in [6.07, 6.45) is 0.164. The van der Waals surface area contributed by atoms with Gasteiger partial charge in [0.05, 0.1) is 33.1 Å². The summed E-state index contributed by atoms with van der Waals surface area (Å²) in [7, 11) is 6.20. The molecule has 33 heavy (non-hydrogen) atoms. The third kappa shape index (κ3) is 3.21. The number of carbonyl (C=O) groups excluding carboxylic acids is 2. The van der Waals surface area contributed by atoms with Crippen molar-refractivity contribution >= 4 is 23.5 Å². The summed E-state index contributed by atoms with van der Waals surface area (Å²) in [5.74, 6) is 2.34. The van der Waals surface area contributed by atoms with Crippen LogP contribution in [0.15, 0.2) is 35.3 Å². The highest BCUT2D eigenvalue weighted by molar-refractivity contribution is 6.25. The van der Waals surface area contributed by atoms with Crippen molar-refractivity contribution in [3.8, 4) is 28.7 Å². The van der Waals surface area contributed by atoms with Crippen LogP contribution in [0.25, 0.3) is 0 Å². The van der Waals surface area contributed by atoms with E-state index in [0.717, 1.165) is 5.56 Å². The van der Waals surface area contributed by atoms with Crippen LogP contribution in [0.4, 0.5) is 10.5 Å². The van der Waals surface area contributed by atoms with Crippen molar-refractivity contribution < 1.29 is 33.3 Å². The monoisotopic (exact) mass is 453 g/mol. The van der Waals surface area contributed by atoms with Crippen LogP contribution in [0, 0.1) is 0 Å². The number of fused-ring (bicyclic) bond motifs is 2. The van der Waals surface area contributed by atoms with Gasteiger partial charge < -0.3 is 28.6 Å². The summed E-state index contributed by atoms with van der Waals surface area (Å²) in [4.78, 5) is 33.3. The van der Waals surface area contributed by atoms with Gasteiger partial charge in [0.25, 0.3) is 0 Å². The van der Waals surface area contributed by atoms with Gasteiger partial charge in [0.1, 0.15) is 5.84 Å². The van der Waals surface area contributed by atoms with Crippen LogP contribution in [-0.4, -0.2) is 63.9 Å². The lowest BCUT2D eigenvalue weighted by Gasteiger charge is -2.39. The number of rotatable bonds is 5. The number of nitrogens with zero attached hydrogens (tertiary/aromatic N) is 3. The Morgan fingerprint density at radius 1 is 0.970 bits per heavy atom. The zero-order valence-corrected chi connectivity index (χ0v) is 18.7. The standard InChI is InChI=1S/C23H23N3O7/c1-25-20-14(12-5-6-15-16(7-12)33-11-32-15)10-19(27)26(22(20)24-23(25)28)13-8-17(29-2)21(31-4)18(9-13)30-3/h5-9,14,20H,10-11H2,1-4H3/t14-,20-/m1/s1. The number of piperidine rings is 1. The lowest BCUT2D eigenvalue weighted by atomic mass is 9.83. The third-order valence-corrected chi connectivity index (χ3v) is 6.18. The van der Waals surface area contributed by atoms with Crippen LogP contribution in [0.2, 0.25) is 0 Å². The van der Waals surface area contributed by atoms with Crippen LogP contribution in [0.1, 0.15) is 17.9 Å². The van der Waals surface area contributed by atoms with Crippen LogP contribution in [0.5, 0.6) is 28.7 Å². The molecule has 2 aromatic carbocycles. The Morgan fingerprint density at radius 3 is 2.33 bits per heavy atom. The number of urea groups is 1. The first-order valence-electron chi connectivity index (χ1n) is 10.3. The zero-order chi connectivity index (χ0) is 23.3. The van der Waals surface area contributed by atoms with Crippen molar-refractivity contribution in [1.82, 2.24) is 4.90 Å². The summed E-state index contributed by atoms with van der Waals surface area (Å²) in [6.45, 7) is 0.159. The molecule has 0 N–H and O–H groups in total. The van der Waals surface area contributed by atoms with E-state index in [0.29, 0.717) is 40.3 Å². The lowest BCUT2D eigenvalue weighted by Crippen LogP contribution is -2.54. The zero-order valence-electron chi connectivity index (χ0n) is 18.7. The number of likely N-dealkylation sites (N-methyl/N-ethyl adjacent to an activating group) is 1. The maximum Gasteiger partial charge on any atom is 0.345 e. The molecule has 172 valence electrons. The number of amides is 3. The maximum absolute atomic E-state index is 13.5. The van der Waals surface area contributed by atoms with Gasteiger partial charge in [0.15, 0.2) is 23.0 Å². The Hall–Kier alpha value is -3.95. The van der Waals surface area contributed by atoms with Crippen molar-refractivity contribution in [1.29, 1.82) is 0 Å². The molecule has 0 spiro atoms. The van der Waals surface area contributed by atoms with Crippen LogP contribution in [-0.2, 0) is 4.79 Å². The SMILES string of the molecule is COc1cc(N2C(=O)C[C@H](c3ccc4c(c3)OCO4)[C@@H]3C2=NC(=O)N3C)cc(OC)c1OC. The van der Waals surface area contributed by atoms with Gasteiger partial charge in [0.2, 0.25) is 18.4 Å². The Labute approximate surface area is 190 Å². The van der Waals surface area contributed by atoms with Crippen molar-refractivity contribution in [3.05, 3.63) is 35.9 Å². The Balaban J connectivity index is 1.58. The number of aliphatic imine (C=N–C) groups is 1. The average molecular weight is 453 g/mol. The van der Waals surface area contributed by atoms with E-state index >= 15 is 0 Å². The fraction of sp³-hybridized carbons (Fsp3) is 0.348. The Kier molecular flexibility index (Phi) is 4.99. The van der Waals surface area contributed by atoms with E-state index in [1.807, 2.05) is 18.2 Å². The number of ether oxygens (including phenoxy) is 5. The number of methoxy groups -OCH3 is 3. The molecular formula is C23H23N3O7. The van der Waals surface area contributed by atoms with E-state index in [1.54, 1.807) is 24.1 Å². The molecule has 10 nitrogen and oxygen atoms in total. The van der Waals surface area contributed by atoms with Crippen molar-refractivity contribution in [2.45, 2.75) is 18.4 Å². The highest BCUT2D eigenvalue weighted by Gasteiger charge is 2.48. The van der Waals surface area contributed by atoms with E-state index in [2.05, 4.69) is 4.99 Å². The molecule has 3 heterocycles. The molecule has 0 aliphatic carbocycles. The molecule has 5 rings (SSSR count). The predicted molar refractivity (Wildman–Crippen MR) is 118 cm³/mol. The quantitative estimate of drug-likeness (QED) is 0.686. The summed E-state index contributed by atoms with van der Waals surface area (Å²) >= 11 is 0. The number of hydrogen-bond acceptors (Lipinski definition) is 7. The van der Waals surface area contributed by atoms with Gasteiger partial charge in [-0.2, -0.15) is 4.99 Å². The number of hydrogen-bond donors (Lipinski definition) is 0. The first-order valence-corrected chi connectivity index (χ1v) is 10.3. The summed E-state index contributed by atoms with van der Waals surface area (Å²) < 4.78 is 27.2. The van der Waals surface area contributed by atoms with Crippen molar-refractivity contribution in [3.63, 3.8) is 0 Å². The smallest absolute Gasteiger partial charge is 0.345 e. The van der Waals surface area contributed by atoms with Gasteiger partial charge in [-0.05, 0) is 17.7 Å². The first kappa shape index (κ1) is 20.9. The lowest BCUT2D eigenvalue weighted by molar-refractivity contribution is -0.118. The Bertz CT molecular complexity index is 1150. The number of benzene rings is 2. The van der Waals surface area contributed by atoms with Gasteiger partial charge in [-0.25, -0.2) is 4.79 Å². The highest BCUT2D eigenvalue weighted by Crippen LogP contribution is 2.45. The second-order valence-electron chi connectivity index (χ2n) is 7.84. The van der Waals surface area contributed by atoms with E-state index in [-0.39, 0.29) is 25.0 Å². The van der Waals surface area contributed by atoms with E-state index < -0.39 is 12.1 Å². The molecule has 0 aromatic heterocycles. The van der Waals surface area contributed by atoms with Gasteiger partial charge in [-0.3, -0.25) is 9.69 Å². The minimum atomic E-state index is -0.435. The number of amidine groups is 1. The van der Waals surface area contributed by atoms with E-state index in [9.17, 15) is 9.59 Å². The fourth-order valence-corrected chi connectivity index (χ4v) is 4.60. The molecule has 0 bridgehead atoms. The van der Waals surface area contributed by atoms with Crippen LogP contribution < -0.4 is 28.6 Å². The molecule has 10 heteroatoms. The first-order chi connectivity index (χ1) is 16.0. The molecule has 3 aliphatic rings. The van der Waals surface area contributed by atoms with Crippen LogP contribution >= 0.6 is 0 Å². The normalized spacial score (nSPS) is 21.2. The summed E-state index contributed by atoms with van der Waals surface area (Å²) in [6, 6.07) is 8.08. The molecule has 0 unspecified atom stereocenters. The van der Waals surface area contributed by atoms with Gasteiger partial charge in [-0.1, -0.05) is 6.07 Å². The van der Waals surface area contributed by atoms with Crippen molar-refractivity contribution in [2.24, 2.45) is 4.99 Å². The molecule has 3 amide bonds. The average Bonchev–Trinajstić information content (AvgIpc) is 3.41. The minimum Gasteiger partial charge on any atom is -0.493 e. The Morgan fingerprint density at radius 2 is 1.67 bits per heavy atom. The second-order valence-corrected chi connectivity index (χ2v) is 7.84. The topological polar surface area (TPSA) is 99.1 Å².